The summed E-state index contributed by atoms with van der Waals surface area (Å²) >= 11 is 3.06. The van der Waals surface area contributed by atoms with Gasteiger partial charge in [-0.1, -0.05) is 67.3 Å². The molecule has 9 nitrogen and oxygen atoms in total. The molecule has 1 aliphatic rings. The summed E-state index contributed by atoms with van der Waals surface area (Å²) in [6, 6.07) is 15.9. The monoisotopic (exact) mass is 639 g/mol. The predicted molar refractivity (Wildman–Crippen MR) is 185 cm³/mol. The second kappa shape index (κ2) is 14.3. The van der Waals surface area contributed by atoms with Crippen LogP contribution in [0, 0.1) is 5.92 Å². The number of H-pyrrole nitrogens is 2. The van der Waals surface area contributed by atoms with Crippen LogP contribution in [0.15, 0.2) is 78.2 Å². The van der Waals surface area contributed by atoms with Crippen molar-refractivity contribution in [2.75, 3.05) is 11.1 Å². The number of fused-ring (bicyclic) bond motifs is 2. The number of hydrogen-bond acceptors (Lipinski definition) is 7. The van der Waals surface area contributed by atoms with Gasteiger partial charge < -0.3 is 20.6 Å². The van der Waals surface area contributed by atoms with Crippen molar-refractivity contribution in [2.45, 2.75) is 57.8 Å². The Bertz CT molecular complexity index is 1850. The smallest absolute Gasteiger partial charge is 0.230 e. The van der Waals surface area contributed by atoms with Gasteiger partial charge in [0.2, 0.25) is 16.9 Å². The van der Waals surface area contributed by atoms with E-state index in [9.17, 15) is 9.59 Å². The molecule has 11 heteroatoms. The van der Waals surface area contributed by atoms with Gasteiger partial charge in [0, 0.05) is 51.6 Å². The fraction of sp³-hybridized carbons (Fsp3) is 0.324. The summed E-state index contributed by atoms with van der Waals surface area (Å²) in [7, 11) is 0. The molecule has 0 saturated heterocycles. The van der Waals surface area contributed by atoms with E-state index in [0.717, 1.165) is 75.1 Å². The van der Waals surface area contributed by atoms with Crippen molar-refractivity contribution in [3.63, 3.8) is 0 Å². The lowest BCUT2D eigenvalue weighted by molar-refractivity contribution is -0.119. The number of carbonyl (C=O) groups is 2. The van der Waals surface area contributed by atoms with Crippen molar-refractivity contribution in [2.24, 2.45) is 10.9 Å². The maximum Gasteiger partial charge on any atom is 0.230 e. The number of amidine groups is 1. The van der Waals surface area contributed by atoms with Crippen molar-refractivity contribution in [3.05, 3.63) is 89.3 Å². The number of aliphatic imine (C=N–C) groups is 1. The molecule has 1 aliphatic carbocycles. The Kier molecular flexibility index (Phi) is 9.75. The zero-order valence-electron chi connectivity index (χ0n) is 25.3. The summed E-state index contributed by atoms with van der Waals surface area (Å²) in [6.07, 6.45) is 9.29. The number of nitrogens with zero attached hydrogens (tertiary/aromatic N) is 3. The minimum Gasteiger partial charge on any atom is -0.361 e. The molecule has 4 N–H and O–H groups in total. The molecule has 2 aromatic carbocycles. The van der Waals surface area contributed by atoms with Crippen molar-refractivity contribution in [1.82, 2.24) is 25.5 Å². The highest BCUT2D eigenvalue weighted by molar-refractivity contribution is 8.13. The van der Waals surface area contributed by atoms with Gasteiger partial charge in [0.25, 0.3) is 0 Å². The number of aromatic nitrogens is 4. The molecule has 0 bridgehead atoms. The third-order valence-electron chi connectivity index (χ3n) is 8.26. The number of hydrogen-bond donors (Lipinski definition) is 4. The van der Waals surface area contributed by atoms with Crippen LogP contribution < -0.4 is 10.6 Å². The predicted octanol–water partition coefficient (Wildman–Crippen LogP) is 7.33. The van der Waals surface area contributed by atoms with Gasteiger partial charge in [-0.25, -0.2) is 4.99 Å². The number of carbonyl (C=O) groups excluding carboxylic acids is 2. The third kappa shape index (κ3) is 7.72. The number of benzene rings is 2. The van der Waals surface area contributed by atoms with Crippen LogP contribution >= 0.6 is 23.1 Å². The van der Waals surface area contributed by atoms with E-state index >= 15 is 0 Å². The maximum atomic E-state index is 13.1. The summed E-state index contributed by atoms with van der Waals surface area (Å²) < 4.78 is 0. The van der Waals surface area contributed by atoms with Gasteiger partial charge in [0.1, 0.15) is 5.01 Å². The normalized spacial score (nSPS) is 17.0. The Labute approximate surface area is 270 Å². The molecule has 0 aliphatic heterocycles. The number of nitrogens with one attached hydrogen (secondary N) is 4. The molecule has 2 amide bonds. The fourth-order valence-corrected chi connectivity index (χ4v) is 7.90. The summed E-state index contributed by atoms with van der Waals surface area (Å²) in [5.41, 5.74) is 4.73. The average Bonchev–Trinajstić information content (AvgIpc) is 3.82. The molecular weight excluding hydrogens is 603 g/mol. The zero-order valence-corrected chi connectivity index (χ0v) is 26.9. The lowest BCUT2D eigenvalue weighted by Crippen LogP contribution is -2.31. The molecule has 6 rings (SSSR count). The molecule has 3 aromatic heterocycles. The first-order valence-corrected chi connectivity index (χ1v) is 17.2. The Morgan fingerprint density at radius 2 is 1.67 bits per heavy atom. The number of rotatable bonds is 10. The number of anilines is 1. The summed E-state index contributed by atoms with van der Waals surface area (Å²) in [5, 5.41) is 19.0. The van der Waals surface area contributed by atoms with Crippen molar-refractivity contribution in [1.29, 1.82) is 0 Å². The van der Waals surface area contributed by atoms with E-state index in [1.807, 2.05) is 67.8 Å². The minimum absolute atomic E-state index is 0.0893. The molecule has 45 heavy (non-hydrogen) atoms. The van der Waals surface area contributed by atoms with E-state index in [1.165, 1.54) is 11.3 Å². The second-order valence-corrected chi connectivity index (χ2v) is 13.5. The highest BCUT2D eigenvalue weighted by Gasteiger charge is 2.27. The number of aromatic amines is 2. The minimum atomic E-state index is -0.100. The van der Waals surface area contributed by atoms with E-state index in [-0.39, 0.29) is 24.7 Å². The van der Waals surface area contributed by atoms with E-state index in [1.54, 1.807) is 11.8 Å². The Balaban J connectivity index is 1.03. The Hall–Kier alpha value is -4.22. The van der Waals surface area contributed by atoms with Crippen LogP contribution in [0.25, 0.3) is 21.8 Å². The van der Waals surface area contributed by atoms with Gasteiger partial charge in [-0.15, -0.1) is 10.2 Å². The molecule has 2 atom stereocenters. The molecule has 1 fully saturated rings. The van der Waals surface area contributed by atoms with E-state index in [2.05, 4.69) is 42.4 Å². The largest absolute Gasteiger partial charge is 0.361 e. The van der Waals surface area contributed by atoms with Crippen LogP contribution in [-0.2, 0) is 22.4 Å². The van der Waals surface area contributed by atoms with Crippen molar-refractivity contribution in [3.8, 4) is 0 Å². The quantitative estimate of drug-likeness (QED) is 0.0940. The summed E-state index contributed by atoms with van der Waals surface area (Å²) in [5.74, 6) is 1.39. The molecule has 0 radical (unpaired) electrons. The van der Waals surface area contributed by atoms with Crippen LogP contribution in [0.2, 0.25) is 0 Å². The molecule has 3 heterocycles. The van der Waals surface area contributed by atoms with Gasteiger partial charge in [-0.3, -0.25) is 9.59 Å². The molecular formula is C34H37N7O2S2. The number of thioether (sulfide) groups is 1. The van der Waals surface area contributed by atoms with Crippen LogP contribution in [0.3, 0.4) is 0 Å². The fourth-order valence-electron chi connectivity index (χ4n) is 5.91. The first kappa shape index (κ1) is 30.8. The number of allylic oxidation sites excluding steroid dienone is 1. The average molecular weight is 640 g/mol. The highest BCUT2D eigenvalue weighted by atomic mass is 32.2. The standard InChI is InChI=1S/C34H37N7O2S2/c1-3-21(2)37-33(38-30(42)18-23-8-5-11-28-26(23)13-15-35-28)44-20-22-7-4-10-25(17-22)32-40-41-34(45-32)39-31(43)19-24-9-6-12-29-27(24)14-16-36-29/h5-6,8-9,11-16,22,25,35-36H,2-4,7,10,17-20H2,1H3,(H,37,38,42)(H,39,41,43). The highest BCUT2D eigenvalue weighted by Crippen LogP contribution is 2.39. The molecule has 0 spiro atoms. The maximum absolute atomic E-state index is 13.1. The van der Waals surface area contributed by atoms with Crippen LogP contribution in [0.5, 0.6) is 0 Å². The molecule has 2 unspecified atom stereocenters. The van der Waals surface area contributed by atoms with Gasteiger partial charge in [0.15, 0.2) is 5.17 Å². The van der Waals surface area contributed by atoms with E-state index in [4.69, 9.17) is 0 Å². The topological polar surface area (TPSA) is 128 Å². The Morgan fingerprint density at radius 3 is 2.36 bits per heavy atom. The van der Waals surface area contributed by atoms with Gasteiger partial charge in [-0.05, 0) is 67.0 Å². The van der Waals surface area contributed by atoms with Crippen LogP contribution in [0.4, 0.5) is 5.13 Å². The summed E-state index contributed by atoms with van der Waals surface area (Å²) in [4.78, 5) is 36.9. The lowest BCUT2D eigenvalue weighted by atomic mass is 9.83. The Morgan fingerprint density at radius 1 is 0.978 bits per heavy atom. The van der Waals surface area contributed by atoms with Crippen LogP contribution in [-0.4, -0.2) is 42.9 Å². The zero-order chi connectivity index (χ0) is 31.2. The first-order chi connectivity index (χ1) is 21.9. The van der Waals surface area contributed by atoms with Gasteiger partial charge in [0.05, 0.1) is 12.8 Å². The summed E-state index contributed by atoms with van der Waals surface area (Å²) in [6.45, 7) is 6.05. The van der Waals surface area contributed by atoms with E-state index in [0.29, 0.717) is 28.6 Å². The first-order valence-electron chi connectivity index (χ1n) is 15.4. The molecule has 5 aromatic rings. The van der Waals surface area contributed by atoms with Gasteiger partial charge in [-0.2, -0.15) is 0 Å². The SMILES string of the molecule is C=C(CC)N=C(NC(=O)Cc1cccc2[nH]ccc12)SCC1CCCC(c2nnc(NC(=O)Cc3cccc4[nH]ccc34)s2)C1. The van der Waals surface area contributed by atoms with Gasteiger partial charge >= 0.3 is 0 Å². The second-order valence-electron chi connectivity index (χ2n) is 11.5. The molecule has 232 valence electrons. The van der Waals surface area contributed by atoms with Crippen LogP contribution in [0.1, 0.15) is 61.1 Å². The van der Waals surface area contributed by atoms with Crippen molar-refractivity contribution >= 4 is 67.0 Å². The third-order valence-corrected chi connectivity index (χ3v) is 10.4. The van der Waals surface area contributed by atoms with Crippen molar-refractivity contribution < 1.29 is 9.59 Å². The molecule has 1 saturated carbocycles. The lowest BCUT2D eigenvalue weighted by Gasteiger charge is -2.27. The number of amides is 2. The van der Waals surface area contributed by atoms with E-state index < -0.39 is 0 Å².